The van der Waals surface area contributed by atoms with Crippen molar-refractivity contribution in [3.63, 3.8) is 0 Å². The summed E-state index contributed by atoms with van der Waals surface area (Å²) in [5.74, 6) is 1.46. The minimum atomic E-state index is -1.09. The van der Waals surface area contributed by atoms with Crippen LogP contribution in [0.2, 0.25) is 20.1 Å². The van der Waals surface area contributed by atoms with Gasteiger partial charge < -0.3 is 19.7 Å². The number of nitrogens with zero attached hydrogens (tertiary/aromatic N) is 3. The van der Waals surface area contributed by atoms with Crippen LogP contribution in [-0.2, 0) is 63.8 Å². The Morgan fingerprint density at radius 2 is 0.989 bits per heavy atom. The number of hydrogen-bond acceptors (Lipinski definition) is 8. The van der Waals surface area contributed by atoms with Gasteiger partial charge in [-0.25, -0.2) is 18.6 Å². The van der Waals surface area contributed by atoms with Crippen LogP contribution in [0.4, 0.5) is 9.59 Å². The second-order valence-electron chi connectivity index (χ2n) is 28.2. The van der Waals surface area contributed by atoms with Gasteiger partial charge in [-0.1, -0.05) is 166 Å². The lowest BCUT2D eigenvalue weighted by Gasteiger charge is -2.30. The molecule has 5 aromatic rings. The number of aliphatic hydroxyl groups is 1. The van der Waals surface area contributed by atoms with E-state index in [1.165, 1.54) is 22.3 Å². The highest BCUT2D eigenvalue weighted by atomic mass is 79.9. The predicted octanol–water partition coefficient (Wildman–Crippen LogP) is 22.2. The minimum Gasteiger partial charge on any atom is -0.478 e. The molecule has 0 bridgehead atoms. The number of carboxylic acids is 1. The number of carbonyl (C=O) groups is 3. The summed E-state index contributed by atoms with van der Waals surface area (Å²) in [4.78, 5) is 39.5. The van der Waals surface area contributed by atoms with Crippen molar-refractivity contribution < 1.29 is 42.5 Å². The first-order valence-electron chi connectivity index (χ1n) is 31.5. The molecule has 0 aliphatic carbocycles. The molecule has 2 N–H and O–H groups in total. The first-order chi connectivity index (χ1) is 42.8. The van der Waals surface area contributed by atoms with E-state index in [2.05, 4.69) is 83.9 Å². The lowest BCUT2D eigenvalue weighted by Crippen LogP contribution is -2.37. The molecule has 5 unspecified atom stereocenters. The van der Waals surface area contributed by atoms with Crippen molar-refractivity contribution in [2.45, 2.75) is 224 Å². The van der Waals surface area contributed by atoms with Gasteiger partial charge in [-0.3, -0.25) is 14.0 Å². The van der Waals surface area contributed by atoms with Gasteiger partial charge in [-0.15, -0.1) is 0 Å². The number of halogens is 6. The average molecular weight is 1530 g/mol. The normalized spacial score (nSPS) is 15.5. The first kappa shape index (κ1) is 85.2. The van der Waals surface area contributed by atoms with E-state index in [0.29, 0.717) is 46.8 Å². The van der Waals surface area contributed by atoms with Crippen LogP contribution < -0.4 is 0 Å². The third-order valence-electron chi connectivity index (χ3n) is 14.3. The van der Waals surface area contributed by atoms with E-state index >= 15 is 0 Å². The third-order valence-corrected chi connectivity index (χ3v) is 20.1. The maximum absolute atomic E-state index is 12.5. The molecule has 5 aromatic carbocycles. The van der Waals surface area contributed by atoms with Crippen LogP contribution in [0.25, 0.3) is 0 Å². The van der Waals surface area contributed by atoms with Gasteiger partial charge in [0.15, 0.2) is 0 Å². The lowest BCUT2D eigenvalue weighted by atomic mass is 9.86. The molecule has 518 valence electrons. The molecule has 0 saturated heterocycles. The van der Waals surface area contributed by atoms with Crippen molar-refractivity contribution in [3.8, 4) is 0 Å². The molecular formula is C73H103Br2Cl4N3O9S2. The Bertz CT molecular complexity index is 3280. The highest BCUT2D eigenvalue weighted by Gasteiger charge is 2.40. The molecule has 0 saturated carbocycles. The zero-order valence-electron chi connectivity index (χ0n) is 58.7. The van der Waals surface area contributed by atoms with Gasteiger partial charge >= 0.3 is 18.2 Å². The van der Waals surface area contributed by atoms with Crippen molar-refractivity contribution in [2.24, 2.45) is 28.1 Å². The summed E-state index contributed by atoms with van der Waals surface area (Å²) < 4.78 is 40.4. The molecule has 93 heavy (non-hydrogen) atoms. The Kier molecular flexibility index (Phi) is 35.1. The van der Waals surface area contributed by atoms with E-state index in [1.807, 2.05) is 171 Å². The van der Waals surface area contributed by atoms with Crippen molar-refractivity contribution in [1.82, 2.24) is 9.80 Å². The van der Waals surface area contributed by atoms with Crippen molar-refractivity contribution in [1.29, 1.82) is 0 Å². The summed E-state index contributed by atoms with van der Waals surface area (Å²) in [5, 5.41) is 20.8. The molecular weight excluding hydrogens is 1430 g/mol. The van der Waals surface area contributed by atoms with Crippen LogP contribution in [0, 0.1) is 23.7 Å². The summed E-state index contributed by atoms with van der Waals surface area (Å²) in [7, 11) is -1.93. The molecule has 2 heterocycles. The number of aliphatic hydroxyl groups excluding tert-OH is 1. The second kappa shape index (κ2) is 38.3. The Morgan fingerprint density at radius 3 is 1.35 bits per heavy atom. The van der Waals surface area contributed by atoms with Crippen LogP contribution in [-0.4, -0.2) is 79.3 Å². The quantitative estimate of drug-likeness (QED) is 0.116. The molecule has 2 aliphatic rings. The number of fused-ring (bicyclic) bond motifs is 2. The molecule has 0 aromatic heterocycles. The summed E-state index contributed by atoms with van der Waals surface area (Å²) in [6.07, 6.45) is 3.09. The fourth-order valence-corrected chi connectivity index (χ4v) is 13.3. The lowest BCUT2D eigenvalue weighted by molar-refractivity contribution is 0.0118. The standard InChI is InChI=1S/C17H27ClOS.C17H23NO4.C16H22ClNO2.C8H8BrCl.C8H17NOS.C7H6BrClO/c1-7-13-10-14(18)8-9-15(13)16(12(2)3)11-20(19)17(4,5)6;1-10(2)14-13-7-6-11(15(19)20)8-12(13)9-18(14)16(21)22-17(3,4)5;1-10(2)14-13-7-6-12(17)8-11(13)9-18(14)15(19)20-16(3,4)5;1-2-6-5-7(10)3-4-8(6)9;1-7(2)6-9-11(10)8(3,4)5;8-7-2-1-6(9)3-5(7)4-10/h8-10,12,16H,7,11H2,1-6H3;6-8,10,14H,9H2,1-5H3,(H,19,20);6-8,10,14H,9H2,1-5H3;3-5H,2H2,1H3;6-7H,1-5H3;1-3,10H,4H2. The van der Waals surface area contributed by atoms with E-state index in [9.17, 15) is 22.8 Å². The van der Waals surface area contributed by atoms with Crippen molar-refractivity contribution >= 4 is 124 Å². The van der Waals surface area contributed by atoms with Gasteiger partial charge in [0.1, 0.15) is 22.2 Å². The van der Waals surface area contributed by atoms with E-state index < -0.39 is 39.0 Å². The summed E-state index contributed by atoms with van der Waals surface area (Å²) in [5.41, 5.74) is 8.04. The summed E-state index contributed by atoms with van der Waals surface area (Å²) in [6.45, 7) is 45.0. The molecule has 5 atom stereocenters. The van der Waals surface area contributed by atoms with Crippen LogP contribution in [0.3, 0.4) is 0 Å². The Hall–Kier alpha value is -3.84. The first-order valence-corrected chi connectivity index (χ1v) is 37.0. The van der Waals surface area contributed by atoms with E-state index in [1.54, 1.807) is 40.3 Å². The van der Waals surface area contributed by atoms with Gasteiger partial charge in [-0.05, 0) is 243 Å². The fourth-order valence-electron chi connectivity index (χ4n) is 9.61. The maximum Gasteiger partial charge on any atom is 0.411 e. The van der Waals surface area contributed by atoms with Crippen LogP contribution in [0.15, 0.2) is 104 Å². The molecule has 7 rings (SSSR count). The van der Waals surface area contributed by atoms with Gasteiger partial charge in [0.25, 0.3) is 0 Å². The van der Waals surface area contributed by atoms with E-state index in [4.69, 9.17) is 66.1 Å². The zero-order valence-corrected chi connectivity index (χ0v) is 66.5. The summed E-state index contributed by atoms with van der Waals surface area (Å²) >= 11 is 30.3. The maximum atomic E-state index is 12.5. The monoisotopic (exact) mass is 1530 g/mol. The molecule has 0 spiro atoms. The number of aryl methyl sites for hydroxylation is 2. The second-order valence-corrected chi connectivity index (χ2v) is 35.8. The highest BCUT2D eigenvalue weighted by Crippen LogP contribution is 2.42. The minimum absolute atomic E-state index is 0.0150. The molecule has 0 fully saturated rings. The molecule has 2 aliphatic heterocycles. The number of carbonyl (C=O) groups excluding carboxylic acids is 2. The molecule has 2 amide bonds. The van der Waals surface area contributed by atoms with Crippen LogP contribution >= 0.6 is 78.3 Å². The number of hydrogen-bond donors (Lipinski definition) is 2. The summed E-state index contributed by atoms with van der Waals surface area (Å²) in [6, 6.07) is 28.1. The fraction of sp³-hybridized carbons (Fsp3) is 0.534. The number of rotatable bonds is 12. The Labute approximate surface area is 599 Å². The van der Waals surface area contributed by atoms with Gasteiger partial charge in [0.05, 0.1) is 42.1 Å². The van der Waals surface area contributed by atoms with Crippen LogP contribution in [0.1, 0.15) is 225 Å². The SMILES string of the molecule is CC(C)C1c2ccc(C(=O)O)cc2CN1C(=O)OC(C)(C)C.CC(C)C1c2ccc(Cl)cc2CN1C(=O)OC(C)(C)C.CC(C)C=NS(=O)C(C)(C)C.CCc1cc(Cl)ccc1Br.CCc1cc(Cl)ccc1C(CS(=O)C(C)(C)C)C(C)C.OCc1cc(Cl)ccc1Br. The average Bonchev–Trinajstić information content (AvgIpc) is 1.65. The topological polar surface area (TPSA) is 163 Å². The number of aromatic carboxylic acids is 1. The van der Waals surface area contributed by atoms with Gasteiger partial charge in [0.2, 0.25) is 0 Å². The van der Waals surface area contributed by atoms with E-state index in [-0.39, 0.29) is 51.9 Å². The smallest absolute Gasteiger partial charge is 0.411 e. The largest absolute Gasteiger partial charge is 0.478 e. The van der Waals surface area contributed by atoms with Crippen LogP contribution in [0.5, 0.6) is 0 Å². The van der Waals surface area contributed by atoms with Gasteiger partial charge in [-0.2, -0.15) is 4.40 Å². The zero-order chi connectivity index (χ0) is 71.4. The van der Waals surface area contributed by atoms with Crippen molar-refractivity contribution in [2.75, 3.05) is 5.75 Å². The predicted molar refractivity (Wildman–Crippen MR) is 400 cm³/mol. The number of carboxylic acid groups (broad SMARTS) is 1. The number of benzene rings is 5. The molecule has 0 radical (unpaired) electrons. The Balaban J connectivity index is 0.000000391. The van der Waals surface area contributed by atoms with Crippen molar-refractivity contribution in [3.05, 3.63) is 170 Å². The van der Waals surface area contributed by atoms with E-state index in [0.717, 1.165) is 59.8 Å². The highest BCUT2D eigenvalue weighted by molar-refractivity contribution is 9.10. The number of ether oxygens (including phenoxy) is 2. The Morgan fingerprint density at radius 1 is 0.591 bits per heavy atom. The third kappa shape index (κ3) is 29.0. The molecule has 12 nitrogen and oxygen atoms in total. The molecule has 20 heteroatoms. The van der Waals surface area contributed by atoms with Gasteiger partial charge in [0, 0.05) is 56.6 Å². The number of amides is 2.